The quantitative estimate of drug-likeness (QED) is 0.321. The van der Waals surface area contributed by atoms with E-state index in [0.717, 1.165) is 6.08 Å². The van der Waals surface area contributed by atoms with Crippen LogP contribution in [0.25, 0.3) is 0 Å². The first-order chi connectivity index (χ1) is 6.93. The summed E-state index contributed by atoms with van der Waals surface area (Å²) in [4.78, 5) is 21.7. The molecule has 0 saturated heterocycles. The number of aliphatic hydroxyl groups excluding tert-OH is 1. The Kier molecular flexibility index (Phi) is 5.85. The number of rotatable bonds is 5. The lowest BCUT2D eigenvalue weighted by molar-refractivity contribution is -0.146. The third-order valence-electron chi connectivity index (χ3n) is 1.24. The molecule has 0 spiro atoms. The van der Waals surface area contributed by atoms with Crippen molar-refractivity contribution in [3.63, 3.8) is 0 Å². The van der Waals surface area contributed by atoms with Gasteiger partial charge in [-0.2, -0.15) is 0 Å². The molecule has 0 bridgehead atoms. The highest BCUT2D eigenvalue weighted by Crippen LogP contribution is 1.92. The standard InChI is InChI=1S/C10H14O5/c1-7(2)10(13)15-5-4-14-9(12)6-8(3)11/h6,11H,1,4-5H2,2-3H3/b8-6+. The smallest absolute Gasteiger partial charge is 0.334 e. The average molecular weight is 214 g/mol. The summed E-state index contributed by atoms with van der Waals surface area (Å²) in [5.41, 5.74) is 0.285. The SMILES string of the molecule is C=C(C)C(=O)OCCOC(=O)/C=C(\C)O. The van der Waals surface area contributed by atoms with E-state index in [1.54, 1.807) is 0 Å². The predicted molar refractivity (Wildman–Crippen MR) is 53.1 cm³/mol. The fourth-order valence-corrected chi connectivity index (χ4v) is 0.612. The molecule has 0 rings (SSSR count). The topological polar surface area (TPSA) is 72.8 Å². The molecule has 0 saturated carbocycles. The zero-order chi connectivity index (χ0) is 11.8. The molecular formula is C10H14O5. The van der Waals surface area contributed by atoms with Crippen LogP contribution in [0.2, 0.25) is 0 Å². The molecule has 0 unspecified atom stereocenters. The van der Waals surface area contributed by atoms with Gasteiger partial charge in [0.1, 0.15) is 13.2 Å². The third kappa shape index (κ3) is 7.30. The molecule has 84 valence electrons. The molecule has 0 aliphatic heterocycles. The molecule has 0 radical (unpaired) electrons. The van der Waals surface area contributed by atoms with Crippen LogP contribution in [0.4, 0.5) is 0 Å². The van der Waals surface area contributed by atoms with Crippen molar-refractivity contribution in [2.75, 3.05) is 13.2 Å². The number of carbonyl (C=O) groups is 2. The monoisotopic (exact) mass is 214 g/mol. The summed E-state index contributed by atoms with van der Waals surface area (Å²) < 4.78 is 9.26. The molecule has 0 aliphatic carbocycles. The molecule has 1 N–H and O–H groups in total. The fraction of sp³-hybridized carbons (Fsp3) is 0.400. The minimum absolute atomic E-state index is 0.0320. The van der Waals surface area contributed by atoms with Crippen molar-refractivity contribution in [1.82, 2.24) is 0 Å². The second kappa shape index (κ2) is 6.64. The van der Waals surface area contributed by atoms with E-state index in [-0.39, 0.29) is 24.5 Å². The predicted octanol–water partition coefficient (Wildman–Crippen LogP) is 1.11. The van der Waals surface area contributed by atoms with Gasteiger partial charge in [-0.3, -0.25) is 0 Å². The van der Waals surface area contributed by atoms with Crippen LogP contribution < -0.4 is 0 Å². The summed E-state index contributed by atoms with van der Waals surface area (Å²) in [6.07, 6.45) is 0.931. The van der Waals surface area contributed by atoms with Crippen LogP contribution in [0.3, 0.4) is 0 Å². The van der Waals surface area contributed by atoms with Crippen LogP contribution >= 0.6 is 0 Å². The first-order valence-corrected chi connectivity index (χ1v) is 4.30. The Morgan fingerprint density at radius 2 is 1.80 bits per heavy atom. The minimum Gasteiger partial charge on any atom is -0.512 e. The summed E-state index contributed by atoms with van der Waals surface area (Å²) in [7, 11) is 0. The van der Waals surface area contributed by atoms with Crippen LogP contribution in [-0.2, 0) is 19.1 Å². The number of esters is 2. The van der Waals surface area contributed by atoms with Gasteiger partial charge in [-0.25, -0.2) is 9.59 Å². The third-order valence-corrected chi connectivity index (χ3v) is 1.24. The number of hydrogen-bond donors (Lipinski definition) is 1. The average Bonchev–Trinajstić information content (AvgIpc) is 2.10. The van der Waals surface area contributed by atoms with Crippen molar-refractivity contribution < 1.29 is 24.2 Å². The van der Waals surface area contributed by atoms with Crippen LogP contribution in [0.15, 0.2) is 24.0 Å². The summed E-state index contributed by atoms with van der Waals surface area (Å²) in [5.74, 6) is -1.35. The Bertz CT molecular complexity index is 286. The maximum absolute atomic E-state index is 10.9. The minimum atomic E-state index is -0.679. The van der Waals surface area contributed by atoms with Gasteiger partial charge in [0, 0.05) is 5.57 Å². The van der Waals surface area contributed by atoms with E-state index in [1.807, 2.05) is 0 Å². The normalized spacial score (nSPS) is 10.7. The number of allylic oxidation sites excluding steroid dienone is 1. The van der Waals surface area contributed by atoms with E-state index in [4.69, 9.17) is 5.11 Å². The van der Waals surface area contributed by atoms with Crippen molar-refractivity contribution >= 4 is 11.9 Å². The van der Waals surface area contributed by atoms with Crippen LogP contribution in [0, 0.1) is 0 Å². The van der Waals surface area contributed by atoms with Crippen molar-refractivity contribution in [2.24, 2.45) is 0 Å². The van der Waals surface area contributed by atoms with Gasteiger partial charge in [-0.15, -0.1) is 0 Å². The Morgan fingerprint density at radius 1 is 1.27 bits per heavy atom. The van der Waals surface area contributed by atoms with Crippen molar-refractivity contribution in [3.05, 3.63) is 24.0 Å². The highest BCUT2D eigenvalue weighted by Gasteiger charge is 2.03. The molecule has 0 fully saturated rings. The second-order valence-electron chi connectivity index (χ2n) is 2.87. The van der Waals surface area contributed by atoms with E-state index >= 15 is 0 Å². The molecule has 0 aliphatic rings. The maximum atomic E-state index is 10.9. The van der Waals surface area contributed by atoms with Gasteiger partial charge in [-0.05, 0) is 13.8 Å². The van der Waals surface area contributed by atoms with Gasteiger partial charge in [0.25, 0.3) is 0 Å². The Labute approximate surface area is 88.0 Å². The van der Waals surface area contributed by atoms with E-state index in [9.17, 15) is 9.59 Å². The van der Waals surface area contributed by atoms with Crippen LogP contribution in [0.5, 0.6) is 0 Å². The number of hydrogen-bond acceptors (Lipinski definition) is 5. The molecule has 0 heterocycles. The lowest BCUT2D eigenvalue weighted by Gasteiger charge is -2.04. The first-order valence-electron chi connectivity index (χ1n) is 4.30. The van der Waals surface area contributed by atoms with E-state index in [1.165, 1.54) is 13.8 Å². The van der Waals surface area contributed by atoms with Crippen molar-refractivity contribution in [2.45, 2.75) is 13.8 Å². The van der Waals surface area contributed by atoms with Gasteiger partial charge in [0.05, 0.1) is 11.8 Å². The molecule has 5 nitrogen and oxygen atoms in total. The fourth-order valence-electron chi connectivity index (χ4n) is 0.612. The van der Waals surface area contributed by atoms with E-state index in [2.05, 4.69) is 16.1 Å². The van der Waals surface area contributed by atoms with Gasteiger partial charge in [0.15, 0.2) is 0 Å². The van der Waals surface area contributed by atoms with E-state index < -0.39 is 11.9 Å². The van der Waals surface area contributed by atoms with Crippen molar-refractivity contribution in [3.8, 4) is 0 Å². The lowest BCUT2D eigenvalue weighted by Crippen LogP contribution is -2.13. The zero-order valence-corrected chi connectivity index (χ0v) is 8.78. The first kappa shape index (κ1) is 13.2. The summed E-state index contributed by atoms with van der Waals surface area (Å²) in [5, 5.41) is 8.70. The maximum Gasteiger partial charge on any atom is 0.334 e. The largest absolute Gasteiger partial charge is 0.512 e. The van der Waals surface area contributed by atoms with Crippen LogP contribution in [-0.4, -0.2) is 30.3 Å². The van der Waals surface area contributed by atoms with Gasteiger partial charge in [-0.1, -0.05) is 6.58 Å². The number of aliphatic hydroxyl groups is 1. The Morgan fingerprint density at radius 3 is 2.27 bits per heavy atom. The number of ether oxygens (including phenoxy) is 2. The van der Waals surface area contributed by atoms with Gasteiger partial charge >= 0.3 is 11.9 Å². The molecular weight excluding hydrogens is 200 g/mol. The molecule has 0 atom stereocenters. The van der Waals surface area contributed by atoms with Crippen LogP contribution in [0.1, 0.15) is 13.8 Å². The Balaban J connectivity index is 3.64. The molecule has 0 amide bonds. The summed E-state index contributed by atoms with van der Waals surface area (Å²) >= 11 is 0. The molecule has 0 aromatic rings. The summed E-state index contributed by atoms with van der Waals surface area (Å²) in [6, 6.07) is 0. The van der Waals surface area contributed by atoms with Gasteiger partial charge in [0.2, 0.25) is 0 Å². The molecule has 0 aromatic heterocycles. The molecule has 0 aromatic carbocycles. The highest BCUT2D eigenvalue weighted by atomic mass is 16.6. The Hall–Kier alpha value is -1.78. The zero-order valence-electron chi connectivity index (χ0n) is 8.78. The lowest BCUT2D eigenvalue weighted by atomic mass is 10.4. The molecule has 15 heavy (non-hydrogen) atoms. The van der Waals surface area contributed by atoms with Gasteiger partial charge < -0.3 is 14.6 Å². The second-order valence-corrected chi connectivity index (χ2v) is 2.87. The summed E-state index contributed by atoms with van der Waals surface area (Å²) in [6.45, 7) is 6.17. The van der Waals surface area contributed by atoms with E-state index in [0.29, 0.717) is 0 Å². The molecule has 5 heteroatoms. The highest BCUT2D eigenvalue weighted by molar-refractivity contribution is 5.87. The van der Waals surface area contributed by atoms with Crippen molar-refractivity contribution in [1.29, 1.82) is 0 Å². The number of carbonyl (C=O) groups excluding carboxylic acids is 2.